The molecule has 1 aromatic rings. The quantitative estimate of drug-likeness (QED) is 0.861. The standard InChI is InChI=1S/C13H15ClN4O/c1-10(11-2-4-12(14)5-3-11)18-13(16-7-6-15)17-8-9-19-18/h2-5,10H,7-9H2,1H3,(H,16,17). The number of nitriles is 1. The van der Waals surface area contributed by atoms with Gasteiger partial charge in [0.25, 0.3) is 0 Å². The molecule has 2 rings (SSSR count). The summed E-state index contributed by atoms with van der Waals surface area (Å²) in [6.07, 6.45) is 0. The minimum Gasteiger partial charge on any atom is -0.341 e. The van der Waals surface area contributed by atoms with Gasteiger partial charge in [-0.2, -0.15) is 5.26 Å². The Hall–Kier alpha value is -1.77. The number of halogens is 1. The van der Waals surface area contributed by atoms with E-state index in [0.717, 1.165) is 5.56 Å². The van der Waals surface area contributed by atoms with E-state index in [2.05, 4.69) is 10.3 Å². The molecule has 1 aliphatic rings. The molecule has 0 aliphatic carbocycles. The first-order chi connectivity index (χ1) is 9.22. The van der Waals surface area contributed by atoms with Gasteiger partial charge in [-0.15, -0.1) is 0 Å². The second-order valence-electron chi connectivity index (χ2n) is 4.10. The second kappa shape index (κ2) is 6.41. The zero-order valence-electron chi connectivity index (χ0n) is 10.6. The predicted octanol–water partition coefficient (Wildman–Crippen LogP) is 2.12. The molecule has 0 spiro atoms. The SMILES string of the molecule is CC(c1ccc(Cl)cc1)N1OCCN=C1NCC#N. The van der Waals surface area contributed by atoms with E-state index >= 15 is 0 Å². The van der Waals surface area contributed by atoms with E-state index in [-0.39, 0.29) is 12.6 Å². The normalized spacial score (nSPS) is 16.5. The van der Waals surface area contributed by atoms with Crippen LogP contribution in [-0.4, -0.2) is 30.7 Å². The van der Waals surface area contributed by atoms with Crippen LogP contribution in [0.15, 0.2) is 29.3 Å². The molecule has 1 unspecified atom stereocenters. The summed E-state index contributed by atoms with van der Waals surface area (Å²) in [7, 11) is 0. The van der Waals surface area contributed by atoms with Crippen molar-refractivity contribution >= 4 is 17.6 Å². The zero-order valence-corrected chi connectivity index (χ0v) is 11.4. The molecule has 0 aromatic heterocycles. The van der Waals surface area contributed by atoms with E-state index in [1.54, 1.807) is 5.06 Å². The lowest BCUT2D eigenvalue weighted by Gasteiger charge is -2.33. The summed E-state index contributed by atoms with van der Waals surface area (Å²) in [5.41, 5.74) is 1.07. The Morgan fingerprint density at radius 3 is 2.95 bits per heavy atom. The second-order valence-corrected chi connectivity index (χ2v) is 4.54. The summed E-state index contributed by atoms with van der Waals surface area (Å²) < 4.78 is 0. The summed E-state index contributed by atoms with van der Waals surface area (Å²) in [5, 5.41) is 14.0. The highest BCUT2D eigenvalue weighted by atomic mass is 35.5. The molecule has 6 heteroatoms. The fourth-order valence-electron chi connectivity index (χ4n) is 1.85. The van der Waals surface area contributed by atoms with Gasteiger partial charge in [0.15, 0.2) is 0 Å². The van der Waals surface area contributed by atoms with Crippen molar-refractivity contribution in [1.29, 1.82) is 5.26 Å². The van der Waals surface area contributed by atoms with Gasteiger partial charge in [-0.3, -0.25) is 4.84 Å². The molecule has 1 heterocycles. The molecule has 100 valence electrons. The van der Waals surface area contributed by atoms with Crippen molar-refractivity contribution in [2.24, 2.45) is 4.99 Å². The van der Waals surface area contributed by atoms with Crippen molar-refractivity contribution in [2.75, 3.05) is 19.7 Å². The minimum absolute atomic E-state index is 0.0116. The van der Waals surface area contributed by atoms with E-state index in [4.69, 9.17) is 21.7 Å². The topological polar surface area (TPSA) is 60.6 Å². The van der Waals surface area contributed by atoms with Gasteiger partial charge in [-0.1, -0.05) is 23.7 Å². The van der Waals surface area contributed by atoms with Crippen LogP contribution in [0.25, 0.3) is 0 Å². The van der Waals surface area contributed by atoms with E-state index in [0.29, 0.717) is 24.1 Å². The van der Waals surface area contributed by atoms with Crippen LogP contribution in [0.2, 0.25) is 5.02 Å². The van der Waals surface area contributed by atoms with Crippen LogP contribution in [0.3, 0.4) is 0 Å². The molecular formula is C13H15ClN4O. The number of hydrogen-bond acceptors (Lipinski definition) is 5. The third kappa shape index (κ3) is 3.37. The lowest BCUT2D eigenvalue weighted by Crippen LogP contribution is -2.46. The van der Waals surface area contributed by atoms with E-state index in [1.807, 2.05) is 37.3 Å². The van der Waals surface area contributed by atoms with Gasteiger partial charge in [0.05, 0.1) is 25.3 Å². The molecule has 0 fully saturated rings. The smallest absolute Gasteiger partial charge is 0.219 e. The highest BCUT2D eigenvalue weighted by Gasteiger charge is 2.23. The number of benzene rings is 1. The highest BCUT2D eigenvalue weighted by molar-refractivity contribution is 6.30. The van der Waals surface area contributed by atoms with Gasteiger partial charge in [-0.05, 0) is 24.6 Å². The van der Waals surface area contributed by atoms with Crippen LogP contribution in [0.5, 0.6) is 0 Å². The van der Waals surface area contributed by atoms with Gasteiger partial charge in [0.2, 0.25) is 5.96 Å². The Kier molecular flexibility index (Phi) is 4.61. The van der Waals surface area contributed by atoms with Crippen molar-refractivity contribution in [3.05, 3.63) is 34.9 Å². The Bertz CT molecular complexity index is 494. The first kappa shape index (κ1) is 13.7. The summed E-state index contributed by atoms with van der Waals surface area (Å²) in [4.78, 5) is 9.97. The molecule has 0 bridgehead atoms. The summed E-state index contributed by atoms with van der Waals surface area (Å²) in [5.74, 6) is 0.593. The number of hydroxylamine groups is 2. The first-order valence-electron chi connectivity index (χ1n) is 6.05. The maximum Gasteiger partial charge on any atom is 0.219 e. The third-order valence-electron chi connectivity index (χ3n) is 2.82. The van der Waals surface area contributed by atoms with Gasteiger partial charge < -0.3 is 5.32 Å². The number of nitrogens with zero attached hydrogens (tertiary/aromatic N) is 3. The molecule has 0 saturated heterocycles. The minimum atomic E-state index is -0.0116. The Morgan fingerprint density at radius 2 is 2.26 bits per heavy atom. The number of aliphatic imine (C=N–C) groups is 1. The van der Waals surface area contributed by atoms with E-state index in [9.17, 15) is 0 Å². The van der Waals surface area contributed by atoms with Gasteiger partial charge in [-0.25, -0.2) is 10.1 Å². The molecule has 1 atom stereocenters. The van der Waals surface area contributed by atoms with E-state index in [1.165, 1.54) is 0 Å². The van der Waals surface area contributed by atoms with Crippen LogP contribution in [-0.2, 0) is 4.84 Å². The predicted molar refractivity (Wildman–Crippen MR) is 73.6 cm³/mol. The molecular weight excluding hydrogens is 264 g/mol. The van der Waals surface area contributed by atoms with Crippen LogP contribution in [0, 0.1) is 11.3 Å². The van der Waals surface area contributed by atoms with Crippen molar-refractivity contribution in [2.45, 2.75) is 13.0 Å². The maximum atomic E-state index is 8.63. The Balaban J connectivity index is 2.14. The lowest BCUT2D eigenvalue weighted by atomic mass is 10.1. The summed E-state index contributed by atoms with van der Waals surface area (Å²) >= 11 is 5.88. The van der Waals surface area contributed by atoms with Crippen molar-refractivity contribution in [1.82, 2.24) is 10.4 Å². The maximum absolute atomic E-state index is 8.63. The van der Waals surface area contributed by atoms with Crippen molar-refractivity contribution in [3.63, 3.8) is 0 Å². The average Bonchev–Trinajstić information content (AvgIpc) is 2.45. The third-order valence-corrected chi connectivity index (χ3v) is 3.07. The number of guanidine groups is 1. The molecule has 1 aromatic carbocycles. The molecule has 0 saturated carbocycles. The molecule has 0 radical (unpaired) electrons. The first-order valence-corrected chi connectivity index (χ1v) is 6.43. The highest BCUT2D eigenvalue weighted by Crippen LogP contribution is 2.23. The van der Waals surface area contributed by atoms with Crippen LogP contribution in [0.4, 0.5) is 0 Å². The number of rotatable bonds is 3. The van der Waals surface area contributed by atoms with E-state index < -0.39 is 0 Å². The van der Waals surface area contributed by atoms with Crippen LogP contribution >= 0.6 is 11.6 Å². The monoisotopic (exact) mass is 278 g/mol. The fraction of sp³-hybridized carbons (Fsp3) is 0.385. The zero-order chi connectivity index (χ0) is 13.7. The van der Waals surface area contributed by atoms with Gasteiger partial charge >= 0.3 is 0 Å². The van der Waals surface area contributed by atoms with Gasteiger partial charge in [0.1, 0.15) is 6.54 Å². The number of nitrogens with one attached hydrogen (secondary N) is 1. The Morgan fingerprint density at radius 1 is 1.53 bits per heavy atom. The lowest BCUT2D eigenvalue weighted by molar-refractivity contribution is -0.132. The largest absolute Gasteiger partial charge is 0.341 e. The molecule has 19 heavy (non-hydrogen) atoms. The fourth-order valence-corrected chi connectivity index (χ4v) is 1.97. The molecule has 1 aliphatic heterocycles. The molecule has 0 amide bonds. The van der Waals surface area contributed by atoms with Crippen LogP contribution in [0.1, 0.15) is 18.5 Å². The summed E-state index contributed by atoms with van der Waals surface area (Å²) in [6, 6.07) is 9.61. The van der Waals surface area contributed by atoms with Crippen molar-refractivity contribution in [3.8, 4) is 6.07 Å². The molecule has 5 nitrogen and oxygen atoms in total. The van der Waals surface area contributed by atoms with Crippen molar-refractivity contribution < 1.29 is 4.84 Å². The Labute approximate surface area is 117 Å². The van der Waals surface area contributed by atoms with Gasteiger partial charge in [0, 0.05) is 5.02 Å². The summed E-state index contributed by atoms with van der Waals surface area (Å²) in [6.45, 7) is 3.34. The number of hydrogen-bond donors (Lipinski definition) is 1. The van der Waals surface area contributed by atoms with Crippen LogP contribution < -0.4 is 5.32 Å². The molecule has 1 N–H and O–H groups in total. The average molecular weight is 279 g/mol.